The number of likely N-dealkylation sites (tertiary alicyclic amines) is 1. The molecule has 0 aliphatic carbocycles. The van der Waals surface area contributed by atoms with Crippen molar-refractivity contribution in [1.82, 2.24) is 19.8 Å². The van der Waals surface area contributed by atoms with Crippen molar-refractivity contribution in [2.75, 3.05) is 50.0 Å². The highest BCUT2D eigenvalue weighted by Gasteiger charge is 2.29. The van der Waals surface area contributed by atoms with Crippen LogP contribution in [0.5, 0.6) is 0 Å². The molecule has 1 N–H and O–H groups in total. The maximum atomic E-state index is 11.9. The summed E-state index contributed by atoms with van der Waals surface area (Å²) in [5.41, 5.74) is 5.21. The smallest absolute Gasteiger partial charge is 0.219 e. The fourth-order valence-electron chi connectivity index (χ4n) is 5.65. The van der Waals surface area contributed by atoms with Gasteiger partial charge in [0.1, 0.15) is 11.6 Å². The Bertz CT molecular complexity index is 1000. The fourth-order valence-corrected chi connectivity index (χ4v) is 5.65. The number of nitrogens with one attached hydrogen (secondary N) is 1. The highest BCUT2D eigenvalue weighted by Crippen LogP contribution is 2.31. The van der Waals surface area contributed by atoms with Gasteiger partial charge in [0.15, 0.2) is 0 Å². The first kappa shape index (κ1) is 22.1. The topological polar surface area (TPSA) is 64.6 Å². The fraction of sp³-hybridized carbons (Fsp3) is 0.577. The molecule has 0 saturated carbocycles. The van der Waals surface area contributed by atoms with Crippen LogP contribution in [0.4, 0.5) is 11.5 Å². The Hall–Kier alpha value is -2.67. The first-order chi connectivity index (χ1) is 16.1. The van der Waals surface area contributed by atoms with Crippen LogP contribution in [0.25, 0.3) is 0 Å². The molecule has 2 fully saturated rings. The van der Waals surface area contributed by atoms with Crippen LogP contribution in [0, 0.1) is 0 Å². The van der Waals surface area contributed by atoms with Crippen molar-refractivity contribution in [2.45, 2.75) is 58.0 Å². The van der Waals surface area contributed by atoms with Gasteiger partial charge in [0, 0.05) is 77.0 Å². The predicted molar refractivity (Wildman–Crippen MR) is 132 cm³/mol. The van der Waals surface area contributed by atoms with Gasteiger partial charge in [-0.05, 0) is 43.7 Å². The number of carbonyl (C=O) groups is 1. The summed E-state index contributed by atoms with van der Waals surface area (Å²) in [4.78, 5) is 28.9. The van der Waals surface area contributed by atoms with E-state index in [0.717, 1.165) is 69.3 Å². The number of anilines is 2. The molecule has 0 bridgehead atoms. The Morgan fingerprint density at radius 2 is 1.91 bits per heavy atom. The van der Waals surface area contributed by atoms with Crippen molar-refractivity contribution in [3.05, 3.63) is 46.9 Å². The number of hydrogen-bond acceptors (Lipinski definition) is 6. The molecular weight excluding hydrogens is 412 g/mol. The molecule has 0 unspecified atom stereocenters. The van der Waals surface area contributed by atoms with Crippen molar-refractivity contribution in [2.24, 2.45) is 0 Å². The number of hydrogen-bond donors (Lipinski definition) is 1. The minimum Gasteiger partial charge on any atom is -0.373 e. The van der Waals surface area contributed by atoms with E-state index in [1.807, 2.05) is 11.9 Å². The molecule has 1 amide bonds. The van der Waals surface area contributed by atoms with Gasteiger partial charge in [-0.25, -0.2) is 9.97 Å². The molecule has 3 aliphatic rings. The third-order valence-corrected chi connectivity index (χ3v) is 7.46. The number of amides is 1. The van der Waals surface area contributed by atoms with Crippen molar-refractivity contribution in [3.63, 3.8) is 0 Å². The Morgan fingerprint density at radius 3 is 2.70 bits per heavy atom. The van der Waals surface area contributed by atoms with Crippen molar-refractivity contribution >= 4 is 17.4 Å². The lowest BCUT2D eigenvalue weighted by Gasteiger charge is -2.33. The first-order valence-electron chi connectivity index (χ1n) is 12.5. The molecule has 2 saturated heterocycles. The Balaban J connectivity index is 1.36. The Kier molecular flexibility index (Phi) is 6.49. The second kappa shape index (κ2) is 9.67. The Morgan fingerprint density at radius 1 is 1.09 bits per heavy atom. The van der Waals surface area contributed by atoms with Crippen molar-refractivity contribution in [1.29, 1.82) is 0 Å². The summed E-state index contributed by atoms with van der Waals surface area (Å²) in [6.45, 7) is 8.37. The van der Waals surface area contributed by atoms with Crippen LogP contribution in [0.15, 0.2) is 24.3 Å². The molecule has 7 heteroatoms. The molecule has 4 heterocycles. The average molecular weight is 449 g/mol. The van der Waals surface area contributed by atoms with E-state index in [0.29, 0.717) is 0 Å². The van der Waals surface area contributed by atoms with E-state index in [4.69, 9.17) is 9.97 Å². The summed E-state index contributed by atoms with van der Waals surface area (Å²) in [5.74, 6) is 2.22. The SMILES string of the molecule is CNc1nc([C@H]2CCCN(C(C)=O)C2)nc2c1CCN(Cc1ccccc1N1CCCC1)C2. The van der Waals surface area contributed by atoms with E-state index in [-0.39, 0.29) is 11.8 Å². The van der Waals surface area contributed by atoms with Crippen LogP contribution in [0.1, 0.15) is 61.2 Å². The van der Waals surface area contributed by atoms with Crippen molar-refractivity contribution < 1.29 is 4.79 Å². The average Bonchev–Trinajstić information content (AvgIpc) is 3.38. The van der Waals surface area contributed by atoms with E-state index < -0.39 is 0 Å². The number of carbonyl (C=O) groups excluding carboxylic acids is 1. The summed E-state index contributed by atoms with van der Waals surface area (Å²) in [6, 6.07) is 8.89. The van der Waals surface area contributed by atoms with Gasteiger partial charge < -0.3 is 15.1 Å². The second-order valence-corrected chi connectivity index (χ2v) is 9.69. The largest absolute Gasteiger partial charge is 0.373 e. The standard InChI is InChI=1S/C26H36N6O/c1-19(33)32-14-7-9-21(17-32)25-28-23-18-30(15-11-22(23)26(27-2)29-25)16-20-8-3-4-10-24(20)31-12-5-6-13-31/h3-4,8,10,21H,5-7,9,11-18H2,1-2H3,(H,27,28,29)/t21-/m0/s1. The van der Waals surface area contributed by atoms with E-state index >= 15 is 0 Å². The summed E-state index contributed by atoms with van der Waals surface area (Å²) in [7, 11) is 1.95. The number of rotatable bonds is 5. The van der Waals surface area contributed by atoms with E-state index in [1.165, 1.54) is 42.7 Å². The summed E-state index contributed by atoms with van der Waals surface area (Å²) in [6.07, 6.45) is 5.60. The number of fused-ring (bicyclic) bond motifs is 1. The third-order valence-electron chi connectivity index (χ3n) is 7.46. The number of nitrogens with zero attached hydrogens (tertiary/aromatic N) is 5. The highest BCUT2D eigenvalue weighted by molar-refractivity contribution is 5.73. The van der Waals surface area contributed by atoms with Crippen LogP contribution in [-0.2, 0) is 24.3 Å². The molecule has 0 spiro atoms. The van der Waals surface area contributed by atoms with Gasteiger partial charge in [-0.3, -0.25) is 9.69 Å². The van der Waals surface area contributed by atoms with Gasteiger partial charge >= 0.3 is 0 Å². The van der Waals surface area contributed by atoms with Crippen LogP contribution >= 0.6 is 0 Å². The molecule has 5 rings (SSSR count). The van der Waals surface area contributed by atoms with Gasteiger partial charge in [-0.2, -0.15) is 0 Å². The van der Waals surface area contributed by atoms with Gasteiger partial charge in [-0.15, -0.1) is 0 Å². The van der Waals surface area contributed by atoms with Crippen LogP contribution in [-0.4, -0.2) is 65.4 Å². The highest BCUT2D eigenvalue weighted by atomic mass is 16.2. The van der Waals surface area contributed by atoms with E-state index in [2.05, 4.69) is 39.4 Å². The molecule has 33 heavy (non-hydrogen) atoms. The number of para-hydroxylation sites is 1. The molecule has 7 nitrogen and oxygen atoms in total. The summed E-state index contributed by atoms with van der Waals surface area (Å²) >= 11 is 0. The summed E-state index contributed by atoms with van der Waals surface area (Å²) in [5, 5.41) is 3.32. The summed E-state index contributed by atoms with van der Waals surface area (Å²) < 4.78 is 0. The maximum absolute atomic E-state index is 11.9. The second-order valence-electron chi connectivity index (χ2n) is 9.69. The molecule has 176 valence electrons. The minimum atomic E-state index is 0.148. The third kappa shape index (κ3) is 4.69. The molecule has 2 aromatic rings. The van der Waals surface area contributed by atoms with Crippen LogP contribution in [0.3, 0.4) is 0 Å². The van der Waals surface area contributed by atoms with Gasteiger partial charge in [0.2, 0.25) is 5.91 Å². The lowest BCUT2D eigenvalue weighted by Crippen LogP contribution is -2.38. The van der Waals surface area contributed by atoms with Crippen LogP contribution < -0.4 is 10.2 Å². The van der Waals surface area contributed by atoms with Crippen molar-refractivity contribution in [3.8, 4) is 0 Å². The lowest BCUT2D eigenvalue weighted by atomic mass is 9.96. The van der Waals surface area contributed by atoms with Gasteiger partial charge in [0.05, 0.1) is 5.69 Å². The van der Waals surface area contributed by atoms with Gasteiger partial charge in [0.25, 0.3) is 0 Å². The Labute approximate surface area is 197 Å². The van der Waals surface area contributed by atoms with E-state index in [9.17, 15) is 4.79 Å². The molecule has 3 aliphatic heterocycles. The lowest BCUT2D eigenvalue weighted by molar-refractivity contribution is -0.130. The number of benzene rings is 1. The number of aromatic nitrogens is 2. The van der Waals surface area contributed by atoms with Gasteiger partial charge in [-0.1, -0.05) is 18.2 Å². The monoisotopic (exact) mass is 448 g/mol. The molecule has 1 aromatic heterocycles. The maximum Gasteiger partial charge on any atom is 0.219 e. The quantitative estimate of drug-likeness (QED) is 0.756. The van der Waals surface area contributed by atoms with Crippen LogP contribution in [0.2, 0.25) is 0 Å². The molecule has 0 radical (unpaired) electrons. The molecular formula is C26H36N6O. The molecule has 1 aromatic carbocycles. The zero-order valence-corrected chi connectivity index (χ0v) is 20.0. The number of piperidine rings is 1. The zero-order valence-electron chi connectivity index (χ0n) is 20.0. The molecule has 1 atom stereocenters. The minimum absolute atomic E-state index is 0.148. The van der Waals surface area contributed by atoms with E-state index in [1.54, 1.807) is 6.92 Å². The zero-order chi connectivity index (χ0) is 22.8. The normalized spacial score (nSPS) is 21.2. The predicted octanol–water partition coefficient (Wildman–Crippen LogP) is 3.40. The first-order valence-corrected chi connectivity index (χ1v) is 12.5.